The highest BCUT2D eigenvalue weighted by molar-refractivity contribution is 4.95. The van der Waals surface area contributed by atoms with Gasteiger partial charge >= 0.3 is 0 Å². The first-order valence-electron chi connectivity index (χ1n) is 6.82. The van der Waals surface area contributed by atoms with Gasteiger partial charge in [-0.15, -0.1) is 6.58 Å². The first-order valence-corrected chi connectivity index (χ1v) is 6.82. The van der Waals surface area contributed by atoms with E-state index in [-0.39, 0.29) is 0 Å². The van der Waals surface area contributed by atoms with Gasteiger partial charge in [0.1, 0.15) is 0 Å². The largest absolute Gasteiger partial charge is 0.103 e. The van der Waals surface area contributed by atoms with Crippen molar-refractivity contribution in [2.24, 2.45) is 0 Å². The highest BCUT2D eigenvalue weighted by Gasteiger charge is 1.87. The van der Waals surface area contributed by atoms with Crippen molar-refractivity contribution in [2.75, 3.05) is 0 Å². The molecule has 0 saturated heterocycles. The Morgan fingerprint density at radius 2 is 1.38 bits per heavy atom. The summed E-state index contributed by atoms with van der Waals surface area (Å²) in [5, 5.41) is 0. The van der Waals surface area contributed by atoms with Crippen molar-refractivity contribution in [1.29, 1.82) is 0 Å². The van der Waals surface area contributed by atoms with Crippen LogP contribution in [0.5, 0.6) is 0 Å². The summed E-state index contributed by atoms with van der Waals surface area (Å²) in [6.45, 7) is 5.95. The molecular formula is C16H28. The second-order valence-electron chi connectivity index (χ2n) is 4.26. The fraction of sp³-hybridized carbons (Fsp3) is 0.625. The van der Waals surface area contributed by atoms with Gasteiger partial charge in [-0.25, -0.2) is 0 Å². The zero-order valence-corrected chi connectivity index (χ0v) is 11.0. The van der Waals surface area contributed by atoms with E-state index >= 15 is 0 Å². The smallest absolute Gasteiger partial charge is 0.0169 e. The monoisotopic (exact) mass is 220 g/mol. The minimum absolute atomic E-state index is 0.991. The molecule has 0 spiro atoms. The number of hydrogen-bond acceptors (Lipinski definition) is 0. The lowest BCUT2D eigenvalue weighted by Crippen LogP contribution is -1.77. The Kier molecular flexibility index (Phi) is 13.5. The van der Waals surface area contributed by atoms with Crippen molar-refractivity contribution < 1.29 is 0 Å². The number of allylic oxidation sites excluding steroid dienone is 5. The molecule has 0 rings (SSSR count). The Bertz CT molecular complexity index is 186. The molecule has 0 aromatic heterocycles. The predicted molar refractivity (Wildman–Crippen MR) is 75.7 cm³/mol. The summed E-state index contributed by atoms with van der Waals surface area (Å²) in [5.41, 5.74) is 0. The minimum atomic E-state index is 0.991. The third kappa shape index (κ3) is 13.2. The molecule has 0 heteroatoms. The lowest BCUT2D eigenvalue weighted by Gasteiger charge is -1.97. The summed E-state index contributed by atoms with van der Waals surface area (Å²) in [6.07, 6.45) is 22.6. The topological polar surface area (TPSA) is 0 Å². The second-order valence-corrected chi connectivity index (χ2v) is 4.26. The molecule has 0 aromatic rings. The molecule has 0 aliphatic carbocycles. The van der Waals surface area contributed by atoms with Gasteiger partial charge in [0.25, 0.3) is 0 Å². The summed E-state index contributed by atoms with van der Waals surface area (Å²) in [7, 11) is 0. The molecule has 0 atom stereocenters. The van der Waals surface area contributed by atoms with Gasteiger partial charge in [-0.1, -0.05) is 69.4 Å². The molecule has 0 saturated carbocycles. The molecule has 0 amide bonds. The molecule has 0 aromatic carbocycles. The van der Waals surface area contributed by atoms with E-state index in [1.807, 2.05) is 6.08 Å². The van der Waals surface area contributed by atoms with Crippen molar-refractivity contribution in [3.8, 4) is 0 Å². The van der Waals surface area contributed by atoms with E-state index in [0.717, 1.165) is 12.8 Å². The zero-order valence-electron chi connectivity index (χ0n) is 11.0. The number of unbranched alkanes of at least 4 members (excludes halogenated alkanes) is 6. The fourth-order valence-electron chi connectivity index (χ4n) is 1.62. The Balaban J connectivity index is 3.12. The van der Waals surface area contributed by atoms with Crippen LogP contribution in [-0.2, 0) is 0 Å². The lowest BCUT2D eigenvalue weighted by atomic mass is 10.1. The molecule has 0 heterocycles. The van der Waals surface area contributed by atoms with E-state index in [9.17, 15) is 0 Å². The van der Waals surface area contributed by atoms with Gasteiger partial charge in [0, 0.05) is 0 Å². The van der Waals surface area contributed by atoms with Crippen LogP contribution in [0.3, 0.4) is 0 Å². The van der Waals surface area contributed by atoms with E-state index < -0.39 is 0 Å². The van der Waals surface area contributed by atoms with Crippen molar-refractivity contribution >= 4 is 0 Å². The summed E-state index contributed by atoms with van der Waals surface area (Å²) >= 11 is 0. The summed E-state index contributed by atoms with van der Waals surface area (Å²) in [4.78, 5) is 0. The molecule has 0 N–H and O–H groups in total. The van der Waals surface area contributed by atoms with E-state index in [1.165, 1.54) is 44.9 Å². The van der Waals surface area contributed by atoms with Crippen LogP contribution in [0.2, 0.25) is 0 Å². The molecule has 16 heavy (non-hydrogen) atoms. The summed E-state index contributed by atoms with van der Waals surface area (Å²) in [5.74, 6) is 0. The van der Waals surface area contributed by atoms with Crippen LogP contribution in [0.25, 0.3) is 0 Å². The van der Waals surface area contributed by atoms with Crippen molar-refractivity contribution in [1.82, 2.24) is 0 Å². The first kappa shape index (κ1) is 15.2. The standard InChI is InChI=1S/C16H28/c1-3-5-7-9-11-13-15-16-14-12-10-8-6-4-2/h3,7,9,13,15H,1,4-6,8,10-12,14,16H2,2H3/b9-7?,15-13+. The van der Waals surface area contributed by atoms with Gasteiger partial charge in [-0.2, -0.15) is 0 Å². The molecule has 0 fully saturated rings. The van der Waals surface area contributed by atoms with Crippen LogP contribution in [0.1, 0.15) is 64.7 Å². The second kappa shape index (κ2) is 14.2. The maximum atomic E-state index is 3.68. The third-order valence-corrected chi connectivity index (χ3v) is 2.63. The fourth-order valence-corrected chi connectivity index (χ4v) is 1.62. The average molecular weight is 220 g/mol. The van der Waals surface area contributed by atoms with Crippen molar-refractivity contribution in [3.05, 3.63) is 37.0 Å². The lowest BCUT2D eigenvalue weighted by molar-refractivity contribution is 0.611. The molecule has 0 bridgehead atoms. The van der Waals surface area contributed by atoms with Gasteiger partial charge < -0.3 is 0 Å². The SMILES string of the molecule is C=CCC=CC/C=C/CCCCCCCC. The van der Waals surface area contributed by atoms with Gasteiger partial charge in [0.05, 0.1) is 0 Å². The van der Waals surface area contributed by atoms with E-state index in [4.69, 9.17) is 0 Å². The Morgan fingerprint density at radius 1 is 0.750 bits per heavy atom. The quantitative estimate of drug-likeness (QED) is 0.304. The maximum absolute atomic E-state index is 3.68. The van der Waals surface area contributed by atoms with Crippen LogP contribution < -0.4 is 0 Å². The average Bonchev–Trinajstić information content (AvgIpc) is 2.31. The minimum Gasteiger partial charge on any atom is -0.103 e. The first-order chi connectivity index (χ1) is 7.91. The highest BCUT2D eigenvalue weighted by atomic mass is 13.9. The molecular weight excluding hydrogens is 192 g/mol. The van der Waals surface area contributed by atoms with Gasteiger partial charge in [-0.05, 0) is 25.7 Å². The van der Waals surface area contributed by atoms with E-state index in [1.54, 1.807) is 0 Å². The Labute approximate surface area is 102 Å². The van der Waals surface area contributed by atoms with Gasteiger partial charge in [-0.3, -0.25) is 0 Å². The Morgan fingerprint density at radius 3 is 2.12 bits per heavy atom. The molecule has 0 radical (unpaired) electrons. The van der Waals surface area contributed by atoms with Crippen LogP contribution in [0, 0.1) is 0 Å². The van der Waals surface area contributed by atoms with Gasteiger partial charge in [0.2, 0.25) is 0 Å². The number of rotatable bonds is 11. The Hall–Kier alpha value is -0.780. The normalized spacial score (nSPS) is 11.6. The molecule has 92 valence electrons. The van der Waals surface area contributed by atoms with E-state index in [0.29, 0.717) is 0 Å². The van der Waals surface area contributed by atoms with Gasteiger partial charge in [0.15, 0.2) is 0 Å². The molecule has 0 aliphatic rings. The third-order valence-electron chi connectivity index (χ3n) is 2.63. The van der Waals surface area contributed by atoms with Crippen LogP contribution in [0.4, 0.5) is 0 Å². The zero-order chi connectivity index (χ0) is 11.9. The molecule has 0 aliphatic heterocycles. The molecule has 0 unspecified atom stereocenters. The number of hydrogen-bond donors (Lipinski definition) is 0. The van der Waals surface area contributed by atoms with Crippen molar-refractivity contribution in [2.45, 2.75) is 64.7 Å². The van der Waals surface area contributed by atoms with Crippen LogP contribution in [0.15, 0.2) is 37.0 Å². The predicted octanol–water partition coefficient (Wildman–Crippen LogP) is 5.82. The van der Waals surface area contributed by atoms with Crippen LogP contribution in [-0.4, -0.2) is 0 Å². The van der Waals surface area contributed by atoms with E-state index in [2.05, 4.69) is 37.8 Å². The van der Waals surface area contributed by atoms with Crippen LogP contribution >= 0.6 is 0 Å². The molecule has 0 nitrogen and oxygen atoms in total. The summed E-state index contributed by atoms with van der Waals surface area (Å²) < 4.78 is 0. The highest BCUT2D eigenvalue weighted by Crippen LogP contribution is 2.07. The van der Waals surface area contributed by atoms with Crippen molar-refractivity contribution in [3.63, 3.8) is 0 Å². The maximum Gasteiger partial charge on any atom is -0.0169 e. The summed E-state index contributed by atoms with van der Waals surface area (Å²) in [6, 6.07) is 0.